The molecule has 0 saturated carbocycles. The van der Waals surface area contributed by atoms with Gasteiger partial charge in [-0.15, -0.1) is 0 Å². The maximum atomic E-state index is 3.86. The van der Waals surface area contributed by atoms with Crippen molar-refractivity contribution < 1.29 is 0 Å². The summed E-state index contributed by atoms with van der Waals surface area (Å²) in [5, 5.41) is 3.86. The second kappa shape index (κ2) is 5.23. The molecule has 1 heteroatoms. The van der Waals surface area contributed by atoms with Gasteiger partial charge in [-0.05, 0) is 40.3 Å². The summed E-state index contributed by atoms with van der Waals surface area (Å²) in [6.45, 7) is 2.39. The van der Waals surface area contributed by atoms with Crippen LogP contribution in [-0.4, -0.2) is 6.04 Å². The molecule has 0 saturated heterocycles. The maximum absolute atomic E-state index is 3.86. The van der Waals surface area contributed by atoms with Gasteiger partial charge in [0.1, 0.15) is 0 Å². The van der Waals surface area contributed by atoms with E-state index < -0.39 is 0 Å². The van der Waals surface area contributed by atoms with Crippen LogP contribution in [0.2, 0.25) is 0 Å². The third kappa shape index (κ3) is 1.84. The fourth-order valence-electron chi connectivity index (χ4n) is 5.36. The van der Waals surface area contributed by atoms with Gasteiger partial charge in [0.2, 0.25) is 0 Å². The summed E-state index contributed by atoms with van der Waals surface area (Å²) in [5.74, 6) is 0.430. The van der Waals surface area contributed by atoms with Crippen LogP contribution in [0.3, 0.4) is 0 Å². The number of nitrogens with one attached hydrogen (secondary N) is 1. The van der Waals surface area contributed by atoms with Crippen LogP contribution in [0, 0.1) is 0 Å². The topological polar surface area (TPSA) is 12.0 Å². The zero-order valence-corrected chi connectivity index (χ0v) is 15.3. The molecule has 0 spiro atoms. The van der Waals surface area contributed by atoms with Crippen molar-refractivity contribution in [3.63, 3.8) is 0 Å². The minimum absolute atomic E-state index is 0.146. The molecule has 0 fully saturated rings. The van der Waals surface area contributed by atoms with Gasteiger partial charge in [-0.1, -0.05) is 91.0 Å². The lowest BCUT2D eigenvalue weighted by molar-refractivity contribution is 0.715. The van der Waals surface area contributed by atoms with Gasteiger partial charge in [-0.2, -0.15) is 0 Å². The van der Waals surface area contributed by atoms with Crippen molar-refractivity contribution in [1.82, 2.24) is 0 Å². The molecule has 2 aliphatic carbocycles. The van der Waals surface area contributed by atoms with E-state index in [0.29, 0.717) is 12.0 Å². The molecule has 130 valence electrons. The molecule has 0 radical (unpaired) electrons. The molecule has 27 heavy (non-hydrogen) atoms. The molecule has 1 nitrogen and oxygen atoms in total. The molecule has 0 aromatic heterocycles. The zero-order valence-electron chi connectivity index (χ0n) is 15.3. The molecule has 6 rings (SSSR count). The maximum Gasteiger partial charge on any atom is 0.0551 e. The predicted octanol–water partition coefficient (Wildman–Crippen LogP) is 6.03. The standard InChI is InChI=1S/C26H21N/c1-26(17-9-3-2-4-10-17)22-13-7-5-11-18(22)20-15-16-21-19-12-6-8-14-23(19)27-25(21)24(20)26/h2-16,19,23,27H,1H3. The number of benzene rings is 3. The lowest BCUT2D eigenvalue weighted by Crippen LogP contribution is -2.24. The highest BCUT2D eigenvalue weighted by molar-refractivity contribution is 5.90. The van der Waals surface area contributed by atoms with E-state index in [1.807, 2.05) is 0 Å². The van der Waals surface area contributed by atoms with Gasteiger partial charge in [-0.3, -0.25) is 0 Å². The zero-order chi connectivity index (χ0) is 18.0. The van der Waals surface area contributed by atoms with Crippen molar-refractivity contribution >= 4 is 5.69 Å². The first-order chi connectivity index (χ1) is 13.3. The van der Waals surface area contributed by atoms with Crippen LogP contribution in [0.15, 0.2) is 91.0 Å². The summed E-state index contributed by atoms with van der Waals surface area (Å²) in [4.78, 5) is 0. The van der Waals surface area contributed by atoms with Gasteiger partial charge < -0.3 is 5.32 Å². The van der Waals surface area contributed by atoms with Gasteiger partial charge in [0.05, 0.1) is 6.04 Å². The van der Waals surface area contributed by atoms with Crippen molar-refractivity contribution in [1.29, 1.82) is 0 Å². The van der Waals surface area contributed by atoms with Crippen molar-refractivity contribution in [2.24, 2.45) is 0 Å². The fourth-order valence-corrected chi connectivity index (χ4v) is 5.36. The van der Waals surface area contributed by atoms with E-state index >= 15 is 0 Å². The van der Waals surface area contributed by atoms with E-state index in [-0.39, 0.29) is 5.41 Å². The number of hydrogen-bond donors (Lipinski definition) is 1. The Kier molecular flexibility index (Phi) is 2.91. The Morgan fingerprint density at radius 1 is 0.778 bits per heavy atom. The molecule has 1 N–H and O–H groups in total. The van der Waals surface area contributed by atoms with Crippen LogP contribution in [0.25, 0.3) is 11.1 Å². The average molecular weight is 347 g/mol. The Labute approximate surface area is 160 Å². The third-order valence-corrected chi connectivity index (χ3v) is 6.65. The summed E-state index contributed by atoms with van der Waals surface area (Å²) in [7, 11) is 0. The highest BCUT2D eigenvalue weighted by Gasteiger charge is 2.45. The molecule has 3 aromatic carbocycles. The molecule has 3 aromatic rings. The third-order valence-electron chi connectivity index (χ3n) is 6.65. The van der Waals surface area contributed by atoms with E-state index in [2.05, 4.69) is 103 Å². The van der Waals surface area contributed by atoms with Crippen LogP contribution < -0.4 is 5.32 Å². The van der Waals surface area contributed by atoms with Crippen LogP contribution in [-0.2, 0) is 5.41 Å². The molecule has 1 heterocycles. The molecule has 0 amide bonds. The van der Waals surface area contributed by atoms with Crippen molar-refractivity contribution in [3.05, 3.63) is 113 Å². The number of rotatable bonds is 1. The molecule has 1 aliphatic heterocycles. The van der Waals surface area contributed by atoms with Crippen molar-refractivity contribution in [2.45, 2.75) is 24.3 Å². The molecular formula is C26H21N. The number of hydrogen-bond acceptors (Lipinski definition) is 1. The molecule has 3 aliphatic rings. The van der Waals surface area contributed by atoms with E-state index in [4.69, 9.17) is 0 Å². The average Bonchev–Trinajstić information content (AvgIpc) is 3.23. The van der Waals surface area contributed by atoms with E-state index in [1.165, 1.54) is 39.1 Å². The highest BCUT2D eigenvalue weighted by atomic mass is 15.0. The first kappa shape index (κ1) is 15.0. The fraction of sp³-hybridized carbons (Fsp3) is 0.154. The van der Waals surface area contributed by atoms with Crippen LogP contribution >= 0.6 is 0 Å². The Hall–Kier alpha value is -3.06. The smallest absolute Gasteiger partial charge is 0.0551 e. The number of anilines is 1. The second-order valence-corrected chi connectivity index (χ2v) is 7.95. The quantitative estimate of drug-likeness (QED) is 0.567. The Morgan fingerprint density at radius 2 is 1.56 bits per heavy atom. The monoisotopic (exact) mass is 347 g/mol. The highest BCUT2D eigenvalue weighted by Crippen LogP contribution is 2.58. The second-order valence-electron chi connectivity index (χ2n) is 7.95. The minimum atomic E-state index is -0.146. The first-order valence-corrected chi connectivity index (χ1v) is 9.73. The van der Waals surface area contributed by atoms with Gasteiger partial charge in [0, 0.05) is 17.0 Å². The lowest BCUT2D eigenvalue weighted by Gasteiger charge is -2.30. The van der Waals surface area contributed by atoms with E-state index in [1.54, 1.807) is 0 Å². The summed E-state index contributed by atoms with van der Waals surface area (Å²) >= 11 is 0. The number of allylic oxidation sites excluding steroid dienone is 2. The summed E-state index contributed by atoms with van der Waals surface area (Å²) in [6, 6.07) is 24.9. The molecular weight excluding hydrogens is 326 g/mol. The van der Waals surface area contributed by atoms with Crippen molar-refractivity contribution in [2.75, 3.05) is 5.32 Å². The van der Waals surface area contributed by atoms with Crippen LogP contribution in [0.5, 0.6) is 0 Å². The predicted molar refractivity (Wildman–Crippen MR) is 112 cm³/mol. The minimum Gasteiger partial charge on any atom is -0.377 e. The van der Waals surface area contributed by atoms with Crippen LogP contribution in [0.4, 0.5) is 5.69 Å². The first-order valence-electron chi connectivity index (χ1n) is 9.73. The SMILES string of the molecule is CC1(c2ccccc2)c2ccccc2-c2ccc3c(c21)NC1C=CC=CC31. The summed E-state index contributed by atoms with van der Waals surface area (Å²) in [6.07, 6.45) is 8.96. The normalized spacial score (nSPS) is 26.1. The molecule has 3 atom stereocenters. The Balaban J connectivity index is 1.69. The van der Waals surface area contributed by atoms with E-state index in [9.17, 15) is 0 Å². The largest absolute Gasteiger partial charge is 0.377 e. The molecule has 3 unspecified atom stereocenters. The van der Waals surface area contributed by atoms with Gasteiger partial charge in [0.25, 0.3) is 0 Å². The summed E-state index contributed by atoms with van der Waals surface area (Å²) < 4.78 is 0. The van der Waals surface area contributed by atoms with Gasteiger partial charge in [0.15, 0.2) is 0 Å². The number of fused-ring (bicyclic) bond motifs is 7. The van der Waals surface area contributed by atoms with Gasteiger partial charge in [-0.25, -0.2) is 0 Å². The molecule has 0 bridgehead atoms. The van der Waals surface area contributed by atoms with E-state index in [0.717, 1.165) is 0 Å². The lowest BCUT2D eigenvalue weighted by atomic mass is 9.73. The Morgan fingerprint density at radius 3 is 2.44 bits per heavy atom. The Bertz CT molecular complexity index is 1120. The van der Waals surface area contributed by atoms with Gasteiger partial charge >= 0.3 is 0 Å². The van der Waals surface area contributed by atoms with Crippen LogP contribution in [0.1, 0.15) is 35.1 Å². The van der Waals surface area contributed by atoms with Crippen molar-refractivity contribution in [3.8, 4) is 11.1 Å². The summed E-state index contributed by atoms with van der Waals surface area (Å²) in [5.41, 5.74) is 9.54.